The average Bonchev–Trinajstić information content (AvgIpc) is 2.34. The number of halogens is 2. The van der Waals surface area contributed by atoms with Gasteiger partial charge in [0, 0.05) is 16.9 Å². The molecular weight excluding hydrogens is 253 g/mol. The third-order valence-corrected chi connectivity index (χ3v) is 4.44. The zero-order valence-electron chi connectivity index (χ0n) is 9.96. The summed E-state index contributed by atoms with van der Waals surface area (Å²) in [5, 5.41) is 4.66. The lowest BCUT2D eigenvalue weighted by atomic mass is 9.89. The largest absolute Gasteiger partial charge is 0.312 e. The van der Waals surface area contributed by atoms with E-state index in [1.165, 1.54) is 25.7 Å². The van der Waals surface area contributed by atoms with E-state index < -0.39 is 0 Å². The predicted molar refractivity (Wildman–Crippen MR) is 74.8 cm³/mol. The summed E-state index contributed by atoms with van der Waals surface area (Å²) < 4.78 is 0. The van der Waals surface area contributed by atoms with Gasteiger partial charge in [-0.1, -0.05) is 42.6 Å². The molecule has 1 nitrogen and oxygen atoms in total. The SMILES string of the molecule is Clc1ccccc1CNCC1CCCCC1Cl. The molecule has 3 heteroatoms. The first kappa shape index (κ1) is 13.2. The van der Waals surface area contributed by atoms with Gasteiger partial charge in [0.15, 0.2) is 0 Å². The van der Waals surface area contributed by atoms with Crippen molar-refractivity contribution in [3.8, 4) is 0 Å². The van der Waals surface area contributed by atoms with Crippen LogP contribution in [0.15, 0.2) is 24.3 Å². The van der Waals surface area contributed by atoms with E-state index in [-0.39, 0.29) is 0 Å². The highest BCUT2D eigenvalue weighted by atomic mass is 35.5. The van der Waals surface area contributed by atoms with Gasteiger partial charge in [0.1, 0.15) is 0 Å². The molecule has 0 saturated heterocycles. The molecule has 0 radical (unpaired) electrons. The molecule has 1 saturated carbocycles. The maximum absolute atomic E-state index is 6.33. The summed E-state index contributed by atoms with van der Waals surface area (Å²) in [7, 11) is 0. The Morgan fingerprint density at radius 3 is 2.71 bits per heavy atom. The minimum Gasteiger partial charge on any atom is -0.312 e. The first-order valence-corrected chi connectivity index (χ1v) is 7.17. The van der Waals surface area contributed by atoms with Gasteiger partial charge in [0.05, 0.1) is 0 Å². The van der Waals surface area contributed by atoms with E-state index in [1.54, 1.807) is 0 Å². The quantitative estimate of drug-likeness (QED) is 0.809. The van der Waals surface area contributed by atoms with Crippen LogP contribution in [0.5, 0.6) is 0 Å². The van der Waals surface area contributed by atoms with Gasteiger partial charge < -0.3 is 5.32 Å². The first-order chi connectivity index (χ1) is 8.27. The van der Waals surface area contributed by atoms with Crippen LogP contribution in [0.2, 0.25) is 5.02 Å². The number of hydrogen-bond donors (Lipinski definition) is 1. The Labute approximate surface area is 114 Å². The monoisotopic (exact) mass is 271 g/mol. The fourth-order valence-electron chi connectivity index (χ4n) is 2.43. The molecule has 0 aliphatic heterocycles. The van der Waals surface area contributed by atoms with Crippen LogP contribution >= 0.6 is 23.2 Å². The van der Waals surface area contributed by atoms with E-state index in [9.17, 15) is 0 Å². The van der Waals surface area contributed by atoms with Gasteiger partial charge in [0.25, 0.3) is 0 Å². The van der Waals surface area contributed by atoms with Crippen LogP contribution < -0.4 is 5.32 Å². The Bertz CT molecular complexity index is 354. The van der Waals surface area contributed by atoms with E-state index in [1.807, 2.05) is 18.2 Å². The zero-order chi connectivity index (χ0) is 12.1. The third-order valence-electron chi connectivity index (χ3n) is 3.50. The average molecular weight is 272 g/mol. The second-order valence-corrected chi connectivity index (χ2v) is 5.75. The second kappa shape index (κ2) is 6.63. The summed E-state index contributed by atoms with van der Waals surface area (Å²) in [6.45, 7) is 1.83. The van der Waals surface area contributed by atoms with Crippen LogP contribution in [-0.2, 0) is 6.54 Å². The normalized spacial score (nSPS) is 24.8. The first-order valence-electron chi connectivity index (χ1n) is 6.35. The highest BCUT2D eigenvalue weighted by Gasteiger charge is 2.22. The predicted octanol–water partition coefficient (Wildman–Crippen LogP) is 4.23. The highest BCUT2D eigenvalue weighted by molar-refractivity contribution is 6.31. The van der Waals surface area contributed by atoms with Crippen molar-refractivity contribution in [3.05, 3.63) is 34.9 Å². The Morgan fingerprint density at radius 1 is 1.18 bits per heavy atom. The standard InChI is InChI=1S/C14H19Cl2N/c15-13-7-3-1-5-11(13)9-17-10-12-6-2-4-8-14(12)16/h1,3,5,7,12,14,17H,2,4,6,8-10H2. The van der Waals surface area contributed by atoms with Crippen LogP contribution in [0.3, 0.4) is 0 Å². The van der Waals surface area contributed by atoms with Crippen molar-refractivity contribution in [3.63, 3.8) is 0 Å². The number of rotatable bonds is 4. The highest BCUT2D eigenvalue weighted by Crippen LogP contribution is 2.28. The molecule has 0 aromatic heterocycles. The Hall–Kier alpha value is -0.240. The van der Waals surface area contributed by atoms with E-state index >= 15 is 0 Å². The molecule has 1 aliphatic carbocycles. The van der Waals surface area contributed by atoms with E-state index in [4.69, 9.17) is 23.2 Å². The molecule has 0 spiro atoms. The molecular formula is C14H19Cl2N. The Kier molecular flexibility index (Phi) is 5.15. The van der Waals surface area contributed by atoms with E-state index in [0.29, 0.717) is 11.3 Å². The van der Waals surface area contributed by atoms with Gasteiger partial charge in [-0.15, -0.1) is 11.6 Å². The van der Waals surface area contributed by atoms with E-state index in [0.717, 1.165) is 23.7 Å². The van der Waals surface area contributed by atoms with Gasteiger partial charge in [-0.2, -0.15) is 0 Å². The number of nitrogens with one attached hydrogen (secondary N) is 1. The number of alkyl halides is 1. The van der Waals surface area contributed by atoms with Crippen LogP contribution in [0.4, 0.5) is 0 Å². The third kappa shape index (κ3) is 3.87. The van der Waals surface area contributed by atoms with Crippen molar-refractivity contribution >= 4 is 23.2 Å². The summed E-state index contributed by atoms with van der Waals surface area (Å²) in [4.78, 5) is 0. The van der Waals surface area contributed by atoms with E-state index in [2.05, 4.69) is 11.4 Å². The van der Waals surface area contributed by atoms with Gasteiger partial charge in [0.2, 0.25) is 0 Å². The number of hydrogen-bond acceptors (Lipinski definition) is 1. The summed E-state index contributed by atoms with van der Waals surface area (Å²) in [5.41, 5.74) is 1.16. The number of benzene rings is 1. The molecule has 1 aromatic rings. The van der Waals surface area contributed by atoms with Gasteiger partial charge >= 0.3 is 0 Å². The van der Waals surface area contributed by atoms with Crippen LogP contribution in [0.1, 0.15) is 31.2 Å². The lowest BCUT2D eigenvalue weighted by Gasteiger charge is -2.27. The molecule has 0 heterocycles. The molecule has 94 valence electrons. The van der Waals surface area contributed by atoms with Crippen molar-refractivity contribution < 1.29 is 0 Å². The fourth-order valence-corrected chi connectivity index (χ4v) is 3.00. The maximum Gasteiger partial charge on any atom is 0.0450 e. The lowest BCUT2D eigenvalue weighted by Crippen LogP contribution is -2.30. The molecule has 2 rings (SSSR count). The smallest absolute Gasteiger partial charge is 0.0450 e. The van der Waals surface area contributed by atoms with Crippen molar-refractivity contribution in [2.45, 2.75) is 37.6 Å². The second-order valence-electron chi connectivity index (χ2n) is 4.78. The van der Waals surface area contributed by atoms with Gasteiger partial charge in [-0.3, -0.25) is 0 Å². The topological polar surface area (TPSA) is 12.0 Å². The molecule has 0 bridgehead atoms. The molecule has 1 aromatic carbocycles. The van der Waals surface area contributed by atoms with Crippen molar-refractivity contribution in [1.82, 2.24) is 5.32 Å². The van der Waals surface area contributed by atoms with Crippen molar-refractivity contribution in [1.29, 1.82) is 0 Å². The summed E-state index contributed by atoms with van der Waals surface area (Å²) in [5.74, 6) is 0.618. The molecule has 17 heavy (non-hydrogen) atoms. The Morgan fingerprint density at radius 2 is 1.94 bits per heavy atom. The molecule has 2 unspecified atom stereocenters. The van der Waals surface area contributed by atoms with Crippen LogP contribution in [-0.4, -0.2) is 11.9 Å². The van der Waals surface area contributed by atoms with Crippen LogP contribution in [0, 0.1) is 5.92 Å². The van der Waals surface area contributed by atoms with Crippen molar-refractivity contribution in [2.75, 3.05) is 6.54 Å². The minimum atomic E-state index is 0.350. The van der Waals surface area contributed by atoms with Gasteiger partial charge in [-0.05, 0) is 36.9 Å². The molecule has 2 atom stereocenters. The molecule has 1 fully saturated rings. The van der Waals surface area contributed by atoms with Crippen LogP contribution in [0.25, 0.3) is 0 Å². The summed E-state index contributed by atoms with van der Waals surface area (Å²) >= 11 is 12.4. The van der Waals surface area contributed by atoms with Gasteiger partial charge in [-0.25, -0.2) is 0 Å². The summed E-state index contributed by atoms with van der Waals surface area (Å²) in [6, 6.07) is 7.98. The zero-order valence-corrected chi connectivity index (χ0v) is 11.5. The maximum atomic E-state index is 6.33. The lowest BCUT2D eigenvalue weighted by molar-refractivity contribution is 0.348. The molecule has 1 N–H and O–H groups in total. The summed E-state index contributed by atoms with van der Waals surface area (Å²) in [6.07, 6.45) is 5.03. The van der Waals surface area contributed by atoms with Crippen molar-refractivity contribution in [2.24, 2.45) is 5.92 Å². The molecule has 1 aliphatic rings. The Balaban J connectivity index is 1.77. The minimum absolute atomic E-state index is 0.350. The molecule has 0 amide bonds. The fraction of sp³-hybridized carbons (Fsp3) is 0.571.